The summed E-state index contributed by atoms with van der Waals surface area (Å²) >= 11 is 1.88. The minimum absolute atomic E-state index is 0.0120. The van der Waals surface area contributed by atoms with Crippen molar-refractivity contribution < 1.29 is 14.0 Å². The van der Waals surface area contributed by atoms with Crippen molar-refractivity contribution in [3.8, 4) is 0 Å². The zero-order valence-corrected chi connectivity index (χ0v) is 17.3. The number of nitrogens with one attached hydrogen (secondary N) is 2. The second kappa shape index (κ2) is 7.46. The average Bonchev–Trinajstić information content (AvgIpc) is 3.36. The summed E-state index contributed by atoms with van der Waals surface area (Å²) in [5, 5.41) is 5.96. The van der Waals surface area contributed by atoms with Gasteiger partial charge in [0, 0.05) is 13.1 Å². The number of likely N-dealkylation sites (tertiary alicyclic amines) is 1. The molecule has 2 aromatic heterocycles. The number of rotatable bonds is 2. The molecule has 12 nitrogen and oxygen atoms in total. The molecule has 1 spiro atoms. The van der Waals surface area contributed by atoms with E-state index in [0.717, 1.165) is 0 Å². The maximum absolute atomic E-state index is 12.5. The molecule has 0 unspecified atom stereocenters. The molecule has 29 heavy (non-hydrogen) atoms. The molecule has 13 heteroatoms. The lowest BCUT2D eigenvalue weighted by Gasteiger charge is -2.39. The Kier molecular flexibility index (Phi) is 4.97. The third-order valence-corrected chi connectivity index (χ3v) is 5.73. The second-order valence-corrected chi connectivity index (χ2v) is 7.85. The van der Waals surface area contributed by atoms with Gasteiger partial charge in [0.25, 0.3) is 11.8 Å². The van der Waals surface area contributed by atoms with Crippen LogP contribution in [0.4, 0.5) is 11.6 Å². The quantitative estimate of drug-likeness (QED) is 0.391. The molecule has 2 amide bonds. The van der Waals surface area contributed by atoms with E-state index in [-0.39, 0.29) is 28.8 Å². The molecule has 0 saturated carbocycles. The zero-order valence-electron chi connectivity index (χ0n) is 15.2. The summed E-state index contributed by atoms with van der Waals surface area (Å²) in [5.74, 6) is -0.211. The highest BCUT2D eigenvalue weighted by Crippen LogP contribution is 2.26. The van der Waals surface area contributed by atoms with E-state index in [1.807, 2.05) is 22.6 Å². The minimum atomic E-state index is -0.519. The molecule has 1 saturated heterocycles. The monoisotopic (exact) mass is 511 g/mol. The van der Waals surface area contributed by atoms with Gasteiger partial charge in [-0.2, -0.15) is 0 Å². The number of piperidine rings is 1. The van der Waals surface area contributed by atoms with E-state index in [2.05, 4.69) is 30.6 Å². The molecule has 152 valence electrons. The molecule has 2 aliphatic heterocycles. The number of nitrogen functional groups attached to an aromatic ring is 2. The van der Waals surface area contributed by atoms with Crippen molar-refractivity contribution in [2.45, 2.75) is 18.4 Å². The number of carbonyl (C=O) groups excluding carboxylic acids is 2. The molecule has 4 rings (SSSR count). The van der Waals surface area contributed by atoms with E-state index in [0.29, 0.717) is 47.8 Å². The SMILES string of the molecule is Nc1nc(N)c(C(=O)NC2=NCC3(CCN(C(=O)c4cocn4)CC3)N2)nc1I. The molecule has 0 aliphatic carbocycles. The van der Waals surface area contributed by atoms with Gasteiger partial charge in [0.1, 0.15) is 9.96 Å². The maximum Gasteiger partial charge on any atom is 0.280 e. The summed E-state index contributed by atoms with van der Waals surface area (Å²) in [6.07, 6.45) is 3.94. The fourth-order valence-electron chi connectivity index (χ4n) is 3.31. The smallest absolute Gasteiger partial charge is 0.280 e. The van der Waals surface area contributed by atoms with Crippen molar-refractivity contribution in [3.63, 3.8) is 0 Å². The van der Waals surface area contributed by atoms with E-state index in [1.54, 1.807) is 4.90 Å². The first-order valence-corrected chi connectivity index (χ1v) is 9.85. The van der Waals surface area contributed by atoms with Gasteiger partial charge < -0.3 is 26.1 Å². The van der Waals surface area contributed by atoms with Gasteiger partial charge in [-0.25, -0.2) is 15.0 Å². The highest BCUT2D eigenvalue weighted by Gasteiger charge is 2.40. The Morgan fingerprint density at radius 1 is 1.24 bits per heavy atom. The van der Waals surface area contributed by atoms with Crippen LogP contribution in [0.3, 0.4) is 0 Å². The molecular weight excluding hydrogens is 493 g/mol. The Labute approximate surface area is 178 Å². The predicted molar refractivity (Wildman–Crippen MR) is 111 cm³/mol. The molecule has 2 aromatic rings. The standard InChI is InChI=1S/C16H18IN9O3/c17-10-12(19)23-11(18)9(22-10)13(27)24-15-20-6-16(25-15)1-3-26(4-2-16)14(28)8-5-29-7-21-8/h5,7H,1-4,6H2,(H4,18,19,23)(H2,20,24,25,27). The van der Waals surface area contributed by atoms with Gasteiger partial charge in [0.05, 0.1) is 12.1 Å². The largest absolute Gasteiger partial charge is 0.451 e. The Morgan fingerprint density at radius 3 is 2.69 bits per heavy atom. The number of amides is 2. The Balaban J connectivity index is 1.35. The van der Waals surface area contributed by atoms with Crippen LogP contribution in [0.5, 0.6) is 0 Å². The fourth-order valence-corrected chi connectivity index (χ4v) is 3.67. The van der Waals surface area contributed by atoms with Crippen molar-refractivity contribution in [2.24, 2.45) is 4.99 Å². The first-order chi connectivity index (χ1) is 13.9. The highest BCUT2D eigenvalue weighted by molar-refractivity contribution is 14.1. The Hall–Kier alpha value is -2.97. The van der Waals surface area contributed by atoms with Crippen LogP contribution in [0.25, 0.3) is 0 Å². The van der Waals surface area contributed by atoms with Crippen LogP contribution in [0.1, 0.15) is 33.8 Å². The van der Waals surface area contributed by atoms with E-state index in [9.17, 15) is 9.59 Å². The number of guanidine groups is 1. The summed E-state index contributed by atoms with van der Waals surface area (Å²) in [6.45, 7) is 1.59. The number of nitrogens with two attached hydrogens (primary N) is 2. The van der Waals surface area contributed by atoms with Crippen molar-refractivity contribution in [3.05, 3.63) is 27.7 Å². The summed E-state index contributed by atoms with van der Waals surface area (Å²) < 4.78 is 5.27. The zero-order chi connectivity index (χ0) is 20.6. The minimum Gasteiger partial charge on any atom is -0.451 e. The van der Waals surface area contributed by atoms with Crippen LogP contribution in [0, 0.1) is 3.70 Å². The lowest BCUT2D eigenvalue weighted by molar-refractivity contribution is 0.0662. The van der Waals surface area contributed by atoms with Gasteiger partial charge in [-0.3, -0.25) is 19.9 Å². The number of carbonyl (C=O) groups is 2. The van der Waals surface area contributed by atoms with Gasteiger partial charge >= 0.3 is 0 Å². The van der Waals surface area contributed by atoms with Crippen LogP contribution >= 0.6 is 22.6 Å². The third kappa shape index (κ3) is 3.81. The summed E-state index contributed by atoms with van der Waals surface area (Å²) in [5.41, 5.74) is 11.4. The Bertz CT molecular complexity index is 984. The van der Waals surface area contributed by atoms with Crippen LogP contribution in [-0.2, 0) is 0 Å². The normalized spacial score (nSPS) is 17.7. The van der Waals surface area contributed by atoms with E-state index >= 15 is 0 Å². The third-order valence-electron chi connectivity index (χ3n) is 4.93. The van der Waals surface area contributed by atoms with Crippen molar-refractivity contribution in [1.82, 2.24) is 30.5 Å². The summed E-state index contributed by atoms with van der Waals surface area (Å²) in [6, 6.07) is 0. The van der Waals surface area contributed by atoms with Crippen LogP contribution in [0.2, 0.25) is 0 Å². The van der Waals surface area contributed by atoms with Crippen LogP contribution in [-0.4, -0.2) is 62.8 Å². The number of aromatic nitrogens is 3. The number of nitrogens with zero attached hydrogens (tertiary/aromatic N) is 5. The highest BCUT2D eigenvalue weighted by atomic mass is 127. The van der Waals surface area contributed by atoms with Crippen molar-refractivity contribution >= 4 is 52.0 Å². The summed E-state index contributed by atoms with van der Waals surface area (Å²) in [7, 11) is 0. The van der Waals surface area contributed by atoms with E-state index in [4.69, 9.17) is 15.9 Å². The first kappa shape index (κ1) is 19.4. The van der Waals surface area contributed by atoms with Crippen molar-refractivity contribution in [1.29, 1.82) is 0 Å². The van der Waals surface area contributed by atoms with Gasteiger partial charge in [-0.05, 0) is 35.4 Å². The molecule has 6 N–H and O–H groups in total. The molecule has 0 aromatic carbocycles. The van der Waals surface area contributed by atoms with Gasteiger partial charge in [0.2, 0.25) is 0 Å². The number of hydrogen-bond acceptors (Lipinski definition) is 10. The van der Waals surface area contributed by atoms with E-state index < -0.39 is 5.91 Å². The molecular formula is C16H18IN9O3. The maximum atomic E-state index is 12.5. The van der Waals surface area contributed by atoms with Crippen LogP contribution in [0.15, 0.2) is 22.1 Å². The van der Waals surface area contributed by atoms with Crippen LogP contribution < -0.4 is 22.1 Å². The van der Waals surface area contributed by atoms with Gasteiger partial charge in [-0.15, -0.1) is 0 Å². The number of halogens is 1. The number of oxazole rings is 1. The van der Waals surface area contributed by atoms with E-state index in [1.165, 1.54) is 12.7 Å². The average molecular weight is 511 g/mol. The predicted octanol–water partition coefficient (Wildman–Crippen LogP) is -0.402. The molecule has 4 heterocycles. The molecule has 2 aliphatic rings. The molecule has 1 fully saturated rings. The molecule has 0 radical (unpaired) electrons. The Morgan fingerprint density at radius 2 is 2.00 bits per heavy atom. The molecule has 0 atom stereocenters. The number of anilines is 2. The topological polar surface area (TPSA) is 178 Å². The van der Waals surface area contributed by atoms with Crippen molar-refractivity contribution in [2.75, 3.05) is 31.1 Å². The first-order valence-electron chi connectivity index (χ1n) is 8.77. The second-order valence-electron chi connectivity index (χ2n) is 6.82. The lowest BCUT2D eigenvalue weighted by atomic mass is 9.88. The van der Waals surface area contributed by atoms with Gasteiger partial charge in [-0.1, -0.05) is 0 Å². The number of aliphatic imine (C=N–C) groups is 1. The molecule has 0 bridgehead atoms. The summed E-state index contributed by atoms with van der Waals surface area (Å²) in [4.78, 5) is 42.9. The fraction of sp³-hybridized carbons (Fsp3) is 0.375. The van der Waals surface area contributed by atoms with Gasteiger partial charge in [0.15, 0.2) is 35.4 Å². The number of hydrogen-bond donors (Lipinski definition) is 4. The lowest BCUT2D eigenvalue weighted by Crippen LogP contribution is -2.57.